The van der Waals surface area contributed by atoms with E-state index >= 15 is 0 Å². The largest absolute Gasteiger partial charge is 0.467 e. The lowest BCUT2D eigenvalue weighted by Crippen LogP contribution is -2.64. The second-order valence-corrected chi connectivity index (χ2v) is 12.9. The van der Waals surface area contributed by atoms with Gasteiger partial charge in [0.1, 0.15) is 24.4 Å². The summed E-state index contributed by atoms with van der Waals surface area (Å²) in [4.78, 5) is 100. The summed E-state index contributed by atoms with van der Waals surface area (Å²) in [5.41, 5.74) is 0. The van der Waals surface area contributed by atoms with Gasteiger partial charge in [-0.2, -0.15) is 0 Å². The van der Waals surface area contributed by atoms with E-state index in [4.69, 9.17) is 66.3 Å². The van der Waals surface area contributed by atoms with Gasteiger partial charge in [0.05, 0.1) is 26.7 Å². The Hall–Kier alpha value is -4.48. The van der Waals surface area contributed by atoms with E-state index in [2.05, 4.69) is 0 Å². The van der Waals surface area contributed by atoms with Crippen LogP contribution in [0, 0.1) is 0 Å². The molecule has 0 radical (unpaired) electrons. The van der Waals surface area contributed by atoms with E-state index in [1.807, 2.05) is 0 Å². The molecule has 56 heavy (non-hydrogen) atoms. The van der Waals surface area contributed by atoms with Gasteiger partial charge in [0.25, 0.3) is 5.79 Å². The number of esters is 8. The summed E-state index contributed by atoms with van der Waals surface area (Å²) < 4.78 is 78.6. The van der Waals surface area contributed by atoms with Crippen LogP contribution in [0.5, 0.6) is 0 Å². The van der Waals surface area contributed by atoms with Gasteiger partial charge >= 0.3 is 47.8 Å². The number of hydrogen-bond donors (Lipinski definition) is 0. The maximum Gasteiger partial charge on any atom is 0.366 e. The highest BCUT2D eigenvalue weighted by atomic mass is 16.8. The molecule has 3 aliphatic heterocycles. The second kappa shape index (κ2) is 19.6. The summed E-state index contributed by atoms with van der Waals surface area (Å²) in [6, 6.07) is 0. The molecule has 0 amide bonds. The molecule has 0 aromatic carbocycles. The monoisotopic (exact) mass is 808 g/mol. The minimum atomic E-state index is -2.32. The van der Waals surface area contributed by atoms with E-state index in [9.17, 15) is 38.4 Å². The third kappa shape index (κ3) is 11.1. The normalized spacial score (nSPS) is 34.5. The van der Waals surface area contributed by atoms with Gasteiger partial charge in [-0.3, -0.25) is 28.8 Å². The van der Waals surface area contributed by atoms with Crippen molar-refractivity contribution in [2.75, 3.05) is 21.3 Å². The van der Waals surface area contributed by atoms with Crippen LogP contribution in [-0.2, 0) is 105 Å². The Morgan fingerprint density at radius 3 is 1.59 bits per heavy atom. The van der Waals surface area contributed by atoms with Crippen molar-refractivity contribution in [2.45, 2.75) is 147 Å². The quantitative estimate of drug-likeness (QED) is 0.155. The van der Waals surface area contributed by atoms with Crippen LogP contribution in [0.2, 0.25) is 0 Å². The molecule has 0 spiro atoms. The molecule has 0 aromatic rings. The van der Waals surface area contributed by atoms with Crippen molar-refractivity contribution in [1.29, 1.82) is 0 Å². The maximum absolute atomic E-state index is 13.3. The highest BCUT2D eigenvalue weighted by Gasteiger charge is 2.62. The first kappa shape index (κ1) is 45.9. The molecule has 0 saturated carbocycles. The fraction of sp³-hybridized carbons (Fsp3) is 0.765. The van der Waals surface area contributed by atoms with Crippen LogP contribution in [-0.4, -0.2) is 155 Å². The predicted molar refractivity (Wildman–Crippen MR) is 175 cm³/mol. The average molecular weight is 809 g/mol. The van der Waals surface area contributed by atoms with Gasteiger partial charge in [-0.15, -0.1) is 0 Å². The van der Waals surface area contributed by atoms with Crippen LogP contribution in [0.3, 0.4) is 0 Å². The first-order valence-corrected chi connectivity index (χ1v) is 17.2. The Balaban J connectivity index is 2.21. The van der Waals surface area contributed by atoms with Gasteiger partial charge < -0.3 is 66.3 Å². The van der Waals surface area contributed by atoms with E-state index in [1.54, 1.807) is 0 Å². The maximum atomic E-state index is 13.3. The molecule has 3 fully saturated rings. The molecule has 316 valence electrons. The molecule has 0 aromatic heterocycles. The molecule has 22 heteroatoms. The number of methoxy groups -OCH3 is 3. The summed E-state index contributed by atoms with van der Waals surface area (Å²) in [6.07, 6.45) is -20.8. The smallest absolute Gasteiger partial charge is 0.366 e. The molecule has 3 heterocycles. The SMILES string of the molecule is COC(=O)[C@H]1O[C@@](OC)(C(=O)OC)C[C@@H](OC(C)=O)[C@H]1O[C@@H]1O[C@@H]([C@H](C)OC(C)=O)[C@@H](OC(C)=O)[C@H]1O[C@@H]1O[C@@H](C)[C@@H](OC(C)=O)[C@@H](OC(C)=O)[C@H]1OC(C)=O. The lowest BCUT2D eigenvalue weighted by Gasteiger charge is -2.45. The molecule has 0 bridgehead atoms. The van der Waals surface area contributed by atoms with Crippen LogP contribution < -0.4 is 0 Å². The fourth-order valence-corrected chi connectivity index (χ4v) is 6.50. The zero-order chi connectivity index (χ0) is 42.2. The summed E-state index contributed by atoms with van der Waals surface area (Å²) >= 11 is 0. The molecule has 0 N–H and O–H groups in total. The van der Waals surface area contributed by atoms with Crippen LogP contribution >= 0.6 is 0 Å². The van der Waals surface area contributed by atoms with Crippen molar-refractivity contribution in [3.8, 4) is 0 Å². The van der Waals surface area contributed by atoms with Crippen molar-refractivity contribution < 1.29 is 105 Å². The third-order valence-electron chi connectivity index (χ3n) is 8.57. The number of rotatable bonds is 14. The average Bonchev–Trinajstić information content (AvgIpc) is 3.42. The molecular weight excluding hydrogens is 760 g/mol. The summed E-state index contributed by atoms with van der Waals surface area (Å²) in [5.74, 6) is -9.68. The molecule has 3 saturated heterocycles. The molecule has 22 nitrogen and oxygen atoms in total. The minimum Gasteiger partial charge on any atom is -0.467 e. The molecule has 14 atom stereocenters. The number of carbonyl (C=O) groups excluding carboxylic acids is 8. The lowest BCUT2D eigenvalue weighted by atomic mass is 9.94. The number of carbonyl (C=O) groups is 8. The predicted octanol–water partition coefficient (Wildman–Crippen LogP) is -0.686. The van der Waals surface area contributed by atoms with E-state index in [1.165, 1.54) is 13.8 Å². The molecule has 0 unspecified atom stereocenters. The van der Waals surface area contributed by atoms with Gasteiger partial charge in [-0.05, 0) is 13.8 Å². The van der Waals surface area contributed by atoms with Crippen LogP contribution in [0.25, 0.3) is 0 Å². The Morgan fingerprint density at radius 2 is 1.09 bits per heavy atom. The minimum absolute atomic E-state index is 0.605. The van der Waals surface area contributed by atoms with Gasteiger partial charge in [0.2, 0.25) is 0 Å². The number of hydrogen-bond acceptors (Lipinski definition) is 22. The van der Waals surface area contributed by atoms with Crippen molar-refractivity contribution in [2.24, 2.45) is 0 Å². The van der Waals surface area contributed by atoms with Crippen LogP contribution in [0.4, 0.5) is 0 Å². The summed E-state index contributed by atoms with van der Waals surface area (Å²) in [7, 11) is 3.09. The van der Waals surface area contributed by atoms with Crippen molar-refractivity contribution in [3.63, 3.8) is 0 Å². The van der Waals surface area contributed by atoms with E-state index in [0.29, 0.717) is 0 Å². The van der Waals surface area contributed by atoms with Gasteiger partial charge in [0, 0.05) is 48.7 Å². The zero-order valence-corrected chi connectivity index (χ0v) is 32.7. The van der Waals surface area contributed by atoms with Crippen LogP contribution in [0.15, 0.2) is 0 Å². The molecular formula is C34H48O22. The Bertz CT molecular complexity index is 1480. The Labute approximate surface area is 321 Å². The van der Waals surface area contributed by atoms with Gasteiger partial charge in [-0.25, -0.2) is 9.59 Å². The molecule has 3 rings (SSSR count). The van der Waals surface area contributed by atoms with Gasteiger partial charge in [-0.1, -0.05) is 0 Å². The lowest BCUT2D eigenvalue weighted by molar-refractivity contribution is -0.344. The van der Waals surface area contributed by atoms with E-state index < -0.39 is 140 Å². The van der Waals surface area contributed by atoms with Crippen molar-refractivity contribution in [1.82, 2.24) is 0 Å². The first-order valence-electron chi connectivity index (χ1n) is 17.2. The van der Waals surface area contributed by atoms with Crippen molar-refractivity contribution in [3.05, 3.63) is 0 Å². The molecule has 3 aliphatic rings. The first-order chi connectivity index (χ1) is 26.2. The molecule has 0 aliphatic carbocycles. The summed E-state index contributed by atoms with van der Waals surface area (Å²) in [5, 5.41) is 0. The van der Waals surface area contributed by atoms with E-state index in [0.717, 1.165) is 62.9 Å². The second-order valence-electron chi connectivity index (χ2n) is 12.9. The van der Waals surface area contributed by atoms with Crippen molar-refractivity contribution >= 4 is 47.8 Å². The van der Waals surface area contributed by atoms with Crippen LogP contribution in [0.1, 0.15) is 61.8 Å². The Kier molecular flexibility index (Phi) is 16.1. The van der Waals surface area contributed by atoms with E-state index in [-0.39, 0.29) is 0 Å². The Morgan fingerprint density at radius 1 is 0.589 bits per heavy atom. The third-order valence-corrected chi connectivity index (χ3v) is 8.57. The zero-order valence-electron chi connectivity index (χ0n) is 32.7. The topological polar surface area (TPSA) is 266 Å². The highest BCUT2D eigenvalue weighted by Crippen LogP contribution is 2.40. The fourth-order valence-electron chi connectivity index (χ4n) is 6.50. The standard InChI is InChI=1S/C34H48O22/c1-13(46-15(3)35)23-26(51-19(7)39)29(55-31-28(52-20(8)40)25(50-18(6)38)22(14(2)47-31)49-17(5)37)32(53-23)54-24-21(48-16(4)36)12-34(45-11,33(42)44-10)56-27(24)30(41)43-9/h13-14,21-29,31-32H,12H2,1-11H3/t13-,14-,21+,22+,23-,24+,25+,26+,27-,28+,29+,31-,32-,34+/m0/s1. The number of ether oxygens (including phenoxy) is 14. The summed E-state index contributed by atoms with van der Waals surface area (Å²) in [6.45, 7) is 9.21. The van der Waals surface area contributed by atoms with Gasteiger partial charge in [0.15, 0.2) is 49.2 Å². The highest BCUT2D eigenvalue weighted by molar-refractivity contribution is 5.81.